The van der Waals surface area contributed by atoms with E-state index >= 15 is 0 Å². The third kappa shape index (κ3) is 3.65. The van der Waals surface area contributed by atoms with E-state index in [1.807, 2.05) is 25.2 Å². The van der Waals surface area contributed by atoms with Crippen molar-refractivity contribution in [1.82, 2.24) is 19.9 Å². The molecule has 0 amide bonds. The fraction of sp³-hybridized carbons (Fsp3) is 0.200. The van der Waals surface area contributed by atoms with E-state index in [0.717, 1.165) is 32.9 Å². The lowest BCUT2D eigenvalue weighted by atomic mass is 10.1. The summed E-state index contributed by atoms with van der Waals surface area (Å²) in [5.41, 5.74) is 3.18. The first kappa shape index (κ1) is 17.5. The number of ether oxygens (including phenoxy) is 1. The minimum absolute atomic E-state index is 0.375. The van der Waals surface area contributed by atoms with Crippen molar-refractivity contribution >= 4 is 27.4 Å². The van der Waals surface area contributed by atoms with Crippen molar-refractivity contribution in [2.45, 2.75) is 13.2 Å². The molecule has 7 heteroatoms. The Morgan fingerprint density at radius 2 is 1.96 bits per heavy atom. The fourth-order valence-electron chi connectivity index (χ4n) is 3.00. The second-order valence-electron chi connectivity index (χ2n) is 6.14. The molecule has 1 aromatic carbocycles. The minimum Gasteiger partial charge on any atom is -0.377 e. The van der Waals surface area contributed by atoms with E-state index in [2.05, 4.69) is 37.4 Å². The quantitative estimate of drug-likeness (QED) is 0.507. The zero-order valence-corrected chi connectivity index (χ0v) is 16.0. The van der Waals surface area contributed by atoms with Crippen LogP contribution in [0.15, 0.2) is 54.3 Å². The Balaban J connectivity index is 1.84. The third-order valence-electron chi connectivity index (χ3n) is 4.20. The molecule has 4 rings (SSSR count). The Hall–Kier alpha value is -2.90. The Bertz CT molecular complexity index is 1040. The summed E-state index contributed by atoms with van der Waals surface area (Å²) in [4.78, 5) is 21.1. The molecule has 0 bridgehead atoms. The number of benzene rings is 1. The summed E-state index contributed by atoms with van der Waals surface area (Å²) in [5.74, 6) is 1.55. The minimum atomic E-state index is 0.375. The van der Waals surface area contributed by atoms with Crippen molar-refractivity contribution < 1.29 is 4.74 Å². The number of aromatic nitrogens is 4. The summed E-state index contributed by atoms with van der Waals surface area (Å²) in [7, 11) is 3.67. The van der Waals surface area contributed by atoms with Crippen LogP contribution in [-0.4, -0.2) is 34.1 Å². The summed E-state index contributed by atoms with van der Waals surface area (Å²) in [6, 6.07) is 10.3. The van der Waals surface area contributed by atoms with Gasteiger partial charge < -0.3 is 9.64 Å². The van der Waals surface area contributed by atoms with Crippen LogP contribution >= 0.6 is 11.3 Å². The summed E-state index contributed by atoms with van der Waals surface area (Å²) >= 11 is 1.63. The molecule has 0 aliphatic rings. The van der Waals surface area contributed by atoms with Crippen molar-refractivity contribution in [3.05, 3.63) is 65.8 Å². The molecule has 3 heterocycles. The highest BCUT2D eigenvalue weighted by Crippen LogP contribution is 2.38. The van der Waals surface area contributed by atoms with E-state index in [4.69, 9.17) is 9.72 Å². The highest BCUT2D eigenvalue weighted by atomic mass is 32.1. The standard InChI is InChI=1S/C20H19N5OS/c1-25(11-15-10-21-8-9-22-15)19-18-16(14-6-4-3-5-7-14)13-27-20(18)24-17(23-19)12-26-2/h3-10,13H,11-12H2,1-2H3. The number of hydrogen-bond acceptors (Lipinski definition) is 7. The second kappa shape index (κ2) is 7.77. The molecule has 0 saturated carbocycles. The van der Waals surface area contributed by atoms with E-state index in [1.54, 1.807) is 37.0 Å². The number of methoxy groups -OCH3 is 1. The first-order valence-corrected chi connectivity index (χ1v) is 9.42. The molecule has 0 spiro atoms. The van der Waals surface area contributed by atoms with Gasteiger partial charge in [-0.2, -0.15) is 0 Å². The van der Waals surface area contributed by atoms with Crippen LogP contribution in [-0.2, 0) is 17.9 Å². The van der Waals surface area contributed by atoms with Gasteiger partial charge in [0.15, 0.2) is 5.82 Å². The number of rotatable bonds is 6. The number of anilines is 1. The van der Waals surface area contributed by atoms with E-state index in [1.165, 1.54) is 0 Å². The van der Waals surface area contributed by atoms with Gasteiger partial charge in [0.2, 0.25) is 0 Å². The van der Waals surface area contributed by atoms with Gasteiger partial charge >= 0.3 is 0 Å². The topological polar surface area (TPSA) is 64.0 Å². The molecule has 0 saturated heterocycles. The smallest absolute Gasteiger partial charge is 0.158 e. The molecular weight excluding hydrogens is 358 g/mol. The average Bonchev–Trinajstić information content (AvgIpc) is 3.13. The molecule has 3 aromatic heterocycles. The molecule has 0 aliphatic heterocycles. The lowest BCUT2D eigenvalue weighted by Crippen LogP contribution is -2.20. The predicted molar refractivity (Wildman–Crippen MR) is 108 cm³/mol. The van der Waals surface area contributed by atoms with E-state index < -0.39 is 0 Å². The van der Waals surface area contributed by atoms with Crippen LogP contribution in [0.25, 0.3) is 21.3 Å². The Morgan fingerprint density at radius 1 is 1.11 bits per heavy atom. The van der Waals surface area contributed by atoms with Crippen molar-refractivity contribution in [2.24, 2.45) is 0 Å². The highest BCUT2D eigenvalue weighted by molar-refractivity contribution is 7.17. The molecule has 4 aromatic rings. The van der Waals surface area contributed by atoms with Gasteiger partial charge in [-0.15, -0.1) is 11.3 Å². The maximum atomic E-state index is 5.26. The van der Waals surface area contributed by atoms with Gasteiger partial charge in [0.05, 0.1) is 23.8 Å². The van der Waals surface area contributed by atoms with Gasteiger partial charge in [0.25, 0.3) is 0 Å². The second-order valence-corrected chi connectivity index (χ2v) is 7.00. The zero-order chi connectivity index (χ0) is 18.6. The van der Waals surface area contributed by atoms with Crippen molar-refractivity contribution in [1.29, 1.82) is 0 Å². The summed E-state index contributed by atoms with van der Waals surface area (Å²) < 4.78 is 5.26. The van der Waals surface area contributed by atoms with E-state index in [9.17, 15) is 0 Å². The van der Waals surface area contributed by atoms with Gasteiger partial charge in [-0.05, 0) is 5.56 Å². The fourth-order valence-corrected chi connectivity index (χ4v) is 3.96. The average molecular weight is 377 g/mol. The molecular formula is C20H19N5OS. The molecule has 136 valence electrons. The van der Waals surface area contributed by atoms with Gasteiger partial charge in [0, 0.05) is 37.5 Å². The Kier molecular flexibility index (Phi) is 5.04. The lowest BCUT2D eigenvalue weighted by Gasteiger charge is -2.20. The maximum absolute atomic E-state index is 5.26. The van der Waals surface area contributed by atoms with Crippen LogP contribution in [0, 0.1) is 0 Å². The molecule has 0 aliphatic carbocycles. The van der Waals surface area contributed by atoms with Crippen LogP contribution in [0.4, 0.5) is 5.82 Å². The normalized spacial score (nSPS) is 11.0. The van der Waals surface area contributed by atoms with Crippen LogP contribution < -0.4 is 4.90 Å². The number of thiophene rings is 1. The van der Waals surface area contributed by atoms with Crippen LogP contribution in [0.2, 0.25) is 0 Å². The molecule has 0 N–H and O–H groups in total. The largest absolute Gasteiger partial charge is 0.377 e. The van der Waals surface area contributed by atoms with E-state index in [-0.39, 0.29) is 0 Å². The van der Waals surface area contributed by atoms with Crippen LogP contribution in [0.5, 0.6) is 0 Å². The number of hydrogen-bond donors (Lipinski definition) is 0. The molecule has 0 atom stereocenters. The Morgan fingerprint density at radius 3 is 2.70 bits per heavy atom. The summed E-state index contributed by atoms with van der Waals surface area (Å²) in [6.07, 6.45) is 5.15. The number of fused-ring (bicyclic) bond motifs is 1. The van der Waals surface area contributed by atoms with Gasteiger partial charge in [0.1, 0.15) is 17.3 Å². The first-order chi connectivity index (χ1) is 13.3. The van der Waals surface area contributed by atoms with Crippen molar-refractivity contribution in [3.8, 4) is 11.1 Å². The Labute approximate surface area is 161 Å². The molecule has 0 radical (unpaired) electrons. The summed E-state index contributed by atoms with van der Waals surface area (Å²) in [6.45, 7) is 0.983. The number of nitrogens with zero attached hydrogens (tertiary/aromatic N) is 5. The first-order valence-electron chi connectivity index (χ1n) is 8.54. The van der Waals surface area contributed by atoms with Gasteiger partial charge in [-0.1, -0.05) is 30.3 Å². The SMILES string of the molecule is COCc1nc(N(C)Cc2cnccn2)c2c(-c3ccccc3)csc2n1. The van der Waals surface area contributed by atoms with Gasteiger partial charge in [-0.3, -0.25) is 9.97 Å². The van der Waals surface area contributed by atoms with E-state index in [0.29, 0.717) is 19.0 Å². The molecule has 0 unspecified atom stereocenters. The molecule has 27 heavy (non-hydrogen) atoms. The van der Waals surface area contributed by atoms with Crippen LogP contribution in [0.1, 0.15) is 11.5 Å². The lowest BCUT2D eigenvalue weighted by molar-refractivity contribution is 0.178. The molecule has 0 fully saturated rings. The monoisotopic (exact) mass is 377 g/mol. The van der Waals surface area contributed by atoms with Crippen molar-refractivity contribution in [2.75, 3.05) is 19.1 Å². The van der Waals surface area contributed by atoms with Gasteiger partial charge in [-0.25, -0.2) is 9.97 Å². The summed E-state index contributed by atoms with van der Waals surface area (Å²) in [5, 5.41) is 3.20. The highest BCUT2D eigenvalue weighted by Gasteiger charge is 2.18. The predicted octanol–water partition coefficient (Wildman–Crippen LogP) is 3.93. The maximum Gasteiger partial charge on any atom is 0.158 e. The molecule has 6 nitrogen and oxygen atoms in total. The zero-order valence-electron chi connectivity index (χ0n) is 15.2. The van der Waals surface area contributed by atoms with Crippen LogP contribution in [0.3, 0.4) is 0 Å². The van der Waals surface area contributed by atoms with Crippen molar-refractivity contribution in [3.63, 3.8) is 0 Å². The third-order valence-corrected chi connectivity index (χ3v) is 5.07.